The van der Waals surface area contributed by atoms with Crippen LogP contribution in [-0.4, -0.2) is 61.0 Å². The molecule has 1 aromatic carbocycles. The zero-order valence-electron chi connectivity index (χ0n) is 13.5. The molecule has 0 aromatic heterocycles. The first kappa shape index (κ1) is 15.5. The largest absolute Gasteiger partial charge is 0.348 e. The predicted octanol–water partition coefficient (Wildman–Crippen LogP) is 1.97. The summed E-state index contributed by atoms with van der Waals surface area (Å²) >= 11 is 0. The van der Waals surface area contributed by atoms with Crippen LogP contribution in [0.2, 0.25) is 0 Å². The van der Waals surface area contributed by atoms with E-state index in [1.165, 1.54) is 38.9 Å². The third-order valence-electron chi connectivity index (χ3n) is 5.03. The summed E-state index contributed by atoms with van der Waals surface area (Å²) in [6.45, 7) is 4.59. The van der Waals surface area contributed by atoms with Gasteiger partial charge in [-0.2, -0.15) is 0 Å². The first-order valence-corrected chi connectivity index (χ1v) is 8.51. The molecule has 120 valence electrons. The van der Waals surface area contributed by atoms with Crippen molar-refractivity contribution in [3.63, 3.8) is 0 Å². The maximum absolute atomic E-state index is 12.3. The zero-order valence-corrected chi connectivity index (χ0v) is 13.5. The number of hydrogen-bond donors (Lipinski definition) is 1. The van der Waals surface area contributed by atoms with E-state index >= 15 is 0 Å². The molecule has 2 fully saturated rings. The van der Waals surface area contributed by atoms with Crippen molar-refractivity contribution in [1.82, 2.24) is 15.1 Å². The molecule has 1 aromatic rings. The summed E-state index contributed by atoms with van der Waals surface area (Å²) in [7, 11) is 2.20. The van der Waals surface area contributed by atoms with Gasteiger partial charge in [-0.3, -0.25) is 9.69 Å². The Balaban J connectivity index is 1.53. The molecule has 0 bridgehead atoms. The molecule has 0 spiro atoms. The second kappa shape index (κ2) is 7.25. The van der Waals surface area contributed by atoms with E-state index in [2.05, 4.69) is 22.2 Å². The SMILES string of the molecule is CN1CCC(N2CCC[C@H](NC(=O)c3ccccc3)C2)CC1. The van der Waals surface area contributed by atoms with E-state index in [1.54, 1.807) is 0 Å². The first-order valence-electron chi connectivity index (χ1n) is 8.51. The van der Waals surface area contributed by atoms with Crippen molar-refractivity contribution in [2.24, 2.45) is 0 Å². The maximum Gasteiger partial charge on any atom is 0.251 e. The van der Waals surface area contributed by atoms with Gasteiger partial charge in [-0.15, -0.1) is 0 Å². The van der Waals surface area contributed by atoms with Gasteiger partial charge in [-0.05, 0) is 64.5 Å². The maximum atomic E-state index is 12.3. The van der Waals surface area contributed by atoms with Crippen LogP contribution in [0.3, 0.4) is 0 Å². The average molecular weight is 301 g/mol. The van der Waals surface area contributed by atoms with E-state index in [4.69, 9.17) is 0 Å². The smallest absolute Gasteiger partial charge is 0.251 e. The molecule has 1 amide bonds. The molecule has 3 rings (SSSR count). The highest BCUT2D eigenvalue weighted by molar-refractivity contribution is 5.94. The highest BCUT2D eigenvalue weighted by atomic mass is 16.1. The molecule has 1 atom stereocenters. The number of piperidine rings is 2. The van der Waals surface area contributed by atoms with Gasteiger partial charge in [0, 0.05) is 24.2 Å². The molecule has 1 N–H and O–H groups in total. The number of benzene rings is 1. The number of amides is 1. The lowest BCUT2D eigenvalue weighted by Crippen LogP contribution is -2.53. The van der Waals surface area contributed by atoms with Crippen molar-refractivity contribution in [2.75, 3.05) is 33.2 Å². The average Bonchev–Trinajstić information content (AvgIpc) is 2.56. The van der Waals surface area contributed by atoms with Gasteiger partial charge in [0.2, 0.25) is 0 Å². The Bertz CT molecular complexity index is 482. The number of carbonyl (C=O) groups excluding carboxylic acids is 1. The Kier molecular flexibility index (Phi) is 5.11. The molecule has 22 heavy (non-hydrogen) atoms. The second-order valence-electron chi connectivity index (χ2n) is 6.71. The van der Waals surface area contributed by atoms with Crippen molar-refractivity contribution >= 4 is 5.91 Å². The number of nitrogens with zero attached hydrogens (tertiary/aromatic N) is 2. The number of carbonyl (C=O) groups is 1. The lowest BCUT2D eigenvalue weighted by atomic mass is 9.98. The van der Waals surface area contributed by atoms with Crippen LogP contribution in [0.5, 0.6) is 0 Å². The Morgan fingerprint density at radius 2 is 1.82 bits per heavy atom. The first-order chi connectivity index (χ1) is 10.7. The van der Waals surface area contributed by atoms with Crippen molar-refractivity contribution < 1.29 is 4.79 Å². The summed E-state index contributed by atoms with van der Waals surface area (Å²) in [6, 6.07) is 10.5. The van der Waals surface area contributed by atoms with Crippen LogP contribution in [0.1, 0.15) is 36.0 Å². The standard InChI is InChI=1S/C18H27N3O/c1-20-12-9-17(10-13-20)21-11-5-8-16(14-21)19-18(22)15-6-3-2-4-7-15/h2-4,6-7,16-17H,5,8-14H2,1H3,(H,19,22)/t16-/m0/s1. The molecule has 0 saturated carbocycles. The highest BCUT2D eigenvalue weighted by Crippen LogP contribution is 2.20. The van der Waals surface area contributed by atoms with Gasteiger partial charge in [0.15, 0.2) is 0 Å². The summed E-state index contributed by atoms with van der Waals surface area (Å²) in [5.74, 6) is 0.0656. The Hall–Kier alpha value is -1.39. The quantitative estimate of drug-likeness (QED) is 0.927. The molecule has 0 aliphatic carbocycles. The normalized spacial score (nSPS) is 25.0. The van der Waals surface area contributed by atoms with Crippen molar-refractivity contribution in [3.05, 3.63) is 35.9 Å². The summed E-state index contributed by atoms with van der Waals surface area (Å²) in [6.07, 6.45) is 4.81. The van der Waals surface area contributed by atoms with Crippen LogP contribution in [0.4, 0.5) is 0 Å². The molecule has 2 aliphatic rings. The molecule has 0 radical (unpaired) electrons. The summed E-state index contributed by atoms with van der Waals surface area (Å²) in [5.41, 5.74) is 0.763. The molecule has 2 saturated heterocycles. The fraction of sp³-hybridized carbons (Fsp3) is 0.611. The molecule has 4 nitrogen and oxygen atoms in total. The Labute approximate surface area is 133 Å². The van der Waals surface area contributed by atoms with Crippen molar-refractivity contribution in [3.8, 4) is 0 Å². The van der Waals surface area contributed by atoms with E-state index in [1.807, 2.05) is 30.3 Å². The van der Waals surface area contributed by atoms with E-state index in [0.717, 1.165) is 18.5 Å². The molecular formula is C18H27N3O. The highest BCUT2D eigenvalue weighted by Gasteiger charge is 2.28. The van der Waals surface area contributed by atoms with Crippen LogP contribution in [0.25, 0.3) is 0 Å². The molecule has 4 heteroatoms. The molecule has 2 heterocycles. The van der Waals surface area contributed by atoms with Crippen LogP contribution in [0, 0.1) is 0 Å². The Morgan fingerprint density at radius 1 is 1.09 bits per heavy atom. The van der Waals surface area contributed by atoms with Gasteiger partial charge in [-0.25, -0.2) is 0 Å². The summed E-state index contributed by atoms with van der Waals surface area (Å²) < 4.78 is 0. The Morgan fingerprint density at radius 3 is 2.55 bits per heavy atom. The lowest BCUT2D eigenvalue weighted by molar-refractivity contribution is 0.0766. The minimum atomic E-state index is 0.0656. The topological polar surface area (TPSA) is 35.6 Å². The third kappa shape index (κ3) is 3.87. The van der Waals surface area contributed by atoms with E-state index < -0.39 is 0 Å². The fourth-order valence-corrected chi connectivity index (χ4v) is 3.67. The number of hydrogen-bond acceptors (Lipinski definition) is 3. The van der Waals surface area contributed by atoms with Gasteiger partial charge in [0.05, 0.1) is 0 Å². The third-order valence-corrected chi connectivity index (χ3v) is 5.03. The van der Waals surface area contributed by atoms with Gasteiger partial charge >= 0.3 is 0 Å². The van der Waals surface area contributed by atoms with Gasteiger partial charge in [0.1, 0.15) is 0 Å². The minimum absolute atomic E-state index is 0.0656. The fourth-order valence-electron chi connectivity index (χ4n) is 3.67. The van der Waals surface area contributed by atoms with Gasteiger partial charge in [0.25, 0.3) is 5.91 Å². The zero-order chi connectivity index (χ0) is 15.4. The van der Waals surface area contributed by atoms with Crippen LogP contribution < -0.4 is 5.32 Å². The number of nitrogens with one attached hydrogen (secondary N) is 1. The monoisotopic (exact) mass is 301 g/mol. The van der Waals surface area contributed by atoms with Crippen molar-refractivity contribution in [2.45, 2.75) is 37.8 Å². The van der Waals surface area contributed by atoms with E-state index in [0.29, 0.717) is 12.1 Å². The van der Waals surface area contributed by atoms with E-state index in [-0.39, 0.29) is 5.91 Å². The van der Waals surface area contributed by atoms with Crippen LogP contribution in [0.15, 0.2) is 30.3 Å². The van der Waals surface area contributed by atoms with Gasteiger partial charge in [-0.1, -0.05) is 18.2 Å². The summed E-state index contributed by atoms with van der Waals surface area (Å²) in [4.78, 5) is 17.3. The summed E-state index contributed by atoms with van der Waals surface area (Å²) in [5, 5.41) is 3.22. The minimum Gasteiger partial charge on any atom is -0.348 e. The van der Waals surface area contributed by atoms with Crippen LogP contribution in [-0.2, 0) is 0 Å². The number of rotatable bonds is 3. The van der Waals surface area contributed by atoms with Gasteiger partial charge < -0.3 is 10.2 Å². The lowest BCUT2D eigenvalue weighted by Gasteiger charge is -2.41. The second-order valence-corrected chi connectivity index (χ2v) is 6.71. The number of likely N-dealkylation sites (tertiary alicyclic amines) is 2. The predicted molar refractivity (Wildman–Crippen MR) is 89.0 cm³/mol. The molecule has 0 unspecified atom stereocenters. The molecular weight excluding hydrogens is 274 g/mol. The van der Waals surface area contributed by atoms with Crippen molar-refractivity contribution in [1.29, 1.82) is 0 Å². The van der Waals surface area contributed by atoms with E-state index in [9.17, 15) is 4.79 Å². The molecule has 2 aliphatic heterocycles. The van der Waals surface area contributed by atoms with Crippen LogP contribution >= 0.6 is 0 Å².